The van der Waals surface area contributed by atoms with Crippen molar-refractivity contribution < 1.29 is 4.39 Å². The molecule has 1 nitrogen and oxygen atoms in total. The van der Waals surface area contributed by atoms with Gasteiger partial charge in [-0.15, -0.1) is 11.3 Å². The highest BCUT2D eigenvalue weighted by Gasteiger charge is 2.10. The van der Waals surface area contributed by atoms with Crippen LogP contribution < -0.4 is 5.32 Å². The monoisotopic (exact) mass is 289 g/mol. The van der Waals surface area contributed by atoms with E-state index in [0.717, 1.165) is 9.21 Å². The summed E-state index contributed by atoms with van der Waals surface area (Å²) in [5, 5.41) is 3.47. The van der Waals surface area contributed by atoms with Crippen LogP contribution in [0.2, 0.25) is 9.36 Å². The summed E-state index contributed by atoms with van der Waals surface area (Å²) >= 11 is 13.0. The molecule has 1 heterocycles. The van der Waals surface area contributed by atoms with Crippen LogP contribution in [0.4, 0.5) is 10.1 Å². The number of benzene rings is 1. The molecule has 0 aliphatic heterocycles. The van der Waals surface area contributed by atoms with Crippen molar-refractivity contribution in [3.8, 4) is 0 Å². The van der Waals surface area contributed by atoms with Crippen molar-refractivity contribution >= 4 is 40.2 Å². The second kappa shape index (κ2) is 5.25. The SMILES string of the molecule is CC(Nc1ccc(Cl)cc1F)c1ccc(Cl)s1. The standard InChI is InChI=1S/C12H10Cl2FNS/c1-7(11-4-5-12(14)17-11)16-10-3-2-8(13)6-9(10)15/h2-7,16H,1H3. The molecule has 0 aliphatic rings. The minimum atomic E-state index is -0.355. The van der Waals surface area contributed by atoms with Crippen molar-refractivity contribution in [2.75, 3.05) is 5.32 Å². The van der Waals surface area contributed by atoms with Gasteiger partial charge in [-0.3, -0.25) is 0 Å². The fourth-order valence-electron chi connectivity index (χ4n) is 1.47. The maximum absolute atomic E-state index is 13.6. The smallest absolute Gasteiger partial charge is 0.147 e. The van der Waals surface area contributed by atoms with Crippen molar-refractivity contribution in [3.05, 3.63) is 50.4 Å². The number of nitrogens with one attached hydrogen (secondary N) is 1. The molecule has 0 radical (unpaired) electrons. The third-order valence-electron chi connectivity index (χ3n) is 2.32. The van der Waals surface area contributed by atoms with Crippen LogP contribution in [-0.2, 0) is 0 Å². The third kappa shape index (κ3) is 3.12. The van der Waals surface area contributed by atoms with Crippen molar-refractivity contribution in [1.29, 1.82) is 0 Å². The van der Waals surface area contributed by atoms with Crippen LogP contribution in [0.25, 0.3) is 0 Å². The van der Waals surface area contributed by atoms with E-state index in [2.05, 4.69) is 5.32 Å². The highest BCUT2D eigenvalue weighted by atomic mass is 35.5. The van der Waals surface area contributed by atoms with Crippen LogP contribution in [0.1, 0.15) is 17.8 Å². The molecule has 1 unspecified atom stereocenters. The highest BCUT2D eigenvalue weighted by Crippen LogP contribution is 2.30. The lowest BCUT2D eigenvalue weighted by atomic mass is 10.2. The van der Waals surface area contributed by atoms with Gasteiger partial charge in [0.05, 0.1) is 16.1 Å². The molecule has 17 heavy (non-hydrogen) atoms. The number of rotatable bonds is 3. The van der Waals surface area contributed by atoms with E-state index in [1.807, 2.05) is 19.1 Å². The van der Waals surface area contributed by atoms with Gasteiger partial charge in [0.1, 0.15) is 5.82 Å². The van der Waals surface area contributed by atoms with Crippen LogP contribution in [0.3, 0.4) is 0 Å². The van der Waals surface area contributed by atoms with Gasteiger partial charge in [-0.05, 0) is 37.3 Å². The van der Waals surface area contributed by atoms with Crippen LogP contribution in [0, 0.1) is 5.82 Å². The Kier molecular flexibility index (Phi) is 3.92. The lowest BCUT2D eigenvalue weighted by molar-refractivity contribution is 0.628. The molecular weight excluding hydrogens is 280 g/mol. The van der Waals surface area contributed by atoms with Gasteiger partial charge >= 0.3 is 0 Å². The predicted octanol–water partition coefficient (Wildman–Crippen LogP) is 5.37. The summed E-state index contributed by atoms with van der Waals surface area (Å²) < 4.78 is 14.3. The normalized spacial score (nSPS) is 12.5. The molecule has 0 saturated heterocycles. The van der Waals surface area contributed by atoms with Gasteiger partial charge in [0.2, 0.25) is 0 Å². The average Bonchev–Trinajstić information content (AvgIpc) is 2.69. The molecule has 5 heteroatoms. The van der Waals surface area contributed by atoms with Gasteiger partial charge in [-0.1, -0.05) is 23.2 Å². The van der Waals surface area contributed by atoms with Crippen molar-refractivity contribution in [2.45, 2.75) is 13.0 Å². The van der Waals surface area contributed by atoms with Gasteiger partial charge < -0.3 is 5.32 Å². The number of halogens is 3. The van der Waals surface area contributed by atoms with Gasteiger partial charge in [-0.25, -0.2) is 4.39 Å². The minimum Gasteiger partial charge on any atom is -0.375 e. The Bertz CT molecular complexity index is 527. The maximum Gasteiger partial charge on any atom is 0.147 e. The molecule has 0 aliphatic carbocycles. The van der Waals surface area contributed by atoms with Crippen LogP contribution >= 0.6 is 34.5 Å². The topological polar surface area (TPSA) is 12.0 Å². The summed E-state index contributed by atoms with van der Waals surface area (Å²) in [6, 6.07) is 8.34. The van der Waals surface area contributed by atoms with E-state index in [-0.39, 0.29) is 11.9 Å². The lowest BCUT2D eigenvalue weighted by Gasteiger charge is -2.14. The number of thiophene rings is 1. The minimum absolute atomic E-state index is 0.00294. The first-order valence-corrected chi connectivity index (χ1v) is 6.60. The van der Waals surface area contributed by atoms with Crippen LogP contribution in [0.5, 0.6) is 0 Å². The van der Waals surface area contributed by atoms with Crippen LogP contribution in [-0.4, -0.2) is 0 Å². The fraction of sp³-hybridized carbons (Fsp3) is 0.167. The van der Waals surface area contributed by atoms with E-state index >= 15 is 0 Å². The van der Waals surface area contributed by atoms with E-state index in [1.54, 1.807) is 12.1 Å². The molecule has 1 atom stereocenters. The summed E-state index contributed by atoms with van der Waals surface area (Å²) in [6.45, 7) is 1.95. The quantitative estimate of drug-likeness (QED) is 0.801. The van der Waals surface area contributed by atoms with E-state index in [4.69, 9.17) is 23.2 Å². The largest absolute Gasteiger partial charge is 0.375 e. The van der Waals surface area contributed by atoms with E-state index in [0.29, 0.717) is 10.7 Å². The number of hydrogen-bond donors (Lipinski definition) is 1. The predicted molar refractivity (Wildman–Crippen MR) is 72.8 cm³/mol. The summed E-state index contributed by atoms with van der Waals surface area (Å²) in [7, 11) is 0. The summed E-state index contributed by atoms with van der Waals surface area (Å²) in [5.74, 6) is -0.355. The highest BCUT2D eigenvalue weighted by molar-refractivity contribution is 7.16. The molecular formula is C12H10Cl2FNS. The first kappa shape index (κ1) is 12.7. The first-order valence-electron chi connectivity index (χ1n) is 5.03. The van der Waals surface area contributed by atoms with Gasteiger partial charge in [0, 0.05) is 9.90 Å². The Labute approximate surface area is 113 Å². The third-order valence-corrected chi connectivity index (χ3v) is 3.97. The second-order valence-corrected chi connectivity index (χ2v) is 5.82. The molecule has 0 amide bonds. The maximum atomic E-state index is 13.6. The molecule has 2 rings (SSSR count). The Morgan fingerprint density at radius 2 is 2.00 bits per heavy atom. The van der Waals surface area contributed by atoms with Gasteiger partial charge in [0.25, 0.3) is 0 Å². The lowest BCUT2D eigenvalue weighted by Crippen LogP contribution is -2.06. The Balaban J connectivity index is 2.15. The molecule has 0 fully saturated rings. The average molecular weight is 290 g/mol. The zero-order chi connectivity index (χ0) is 12.4. The van der Waals surface area contributed by atoms with Crippen molar-refractivity contribution in [2.24, 2.45) is 0 Å². The molecule has 1 N–H and O–H groups in total. The molecule has 1 aromatic heterocycles. The zero-order valence-electron chi connectivity index (χ0n) is 9.01. The van der Waals surface area contributed by atoms with Gasteiger partial charge in [-0.2, -0.15) is 0 Å². The molecule has 0 spiro atoms. The van der Waals surface area contributed by atoms with Crippen molar-refractivity contribution in [1.82, 2.24) is 0 Å². The number of hydrogen-bond acceptors (Lipinski definition) is 2. The summed E-state index contributed by atoms with van der Waals surface area (Å²) in [4.78, 5) is 1.06. The van der Waals surface area contributed by atoms with E-state index in [1.165, 1.54) is 17.4 Å². The Morgan fingerprint density at radius 1 is 1.24 bits per heavy atom. The zero-order valence-corrected chi connectivity index (χ0v) is 11.3. The molecule has 0 bridgehead atoms. The van der Waals surface area contributed by atoms with E-state index in [9.17, 15) is 4.39 Å². The first-order chi connectivity index (χ1) is 8.06. The molecule has 2 aromatic rings. The Hall–Kier alpha value is -0.770. The summed E-state index contributed by atoms with van der Waals surface area (Å²) in [5.41, 5.74) is 0.437. The van der Waals surface area contributed by atoms with Gasteiger partial charge in [0.15, 0.2) is 0 Å². The van der Waals surface area contributed by atoms with Crippen molar-refractivity contribution in [3.63, 3.8) is 0 Å². The Morgan fingerprint density at radius 3 is 2.59 bits per heavy atom. The summed E-state index contributed by atoms with van der Waals surface area (Å²) in [6.07, 6.45) is 0. The molecule has 0 saturated carbocycles. The van der Waals surface area contributed by atoms with E-state index < -0.39 is 0 Å². The van der Waals surface area contributed by atoms with Crippen LogP contribution in [0.15, 0.2) is 30.3 Å². The molecule has 90 valence electrons. The number of anilines is 1. The fourth-order valence-corrected chi connectivity index (χ4v) is 2.69. The molecule has 1 aromatic carbocycles. The second-order valence-electron chi connectivity index (χ2n) is 3.63.